The van der Waals surface area contributed by atoms with Crippen LogP contribution in [0.4, 0.5) is 4.79 Å². The first kappa shape index (κ1) is 61.2. The lowest BCUT2D eigenvalue weighted by molar-refractivity contribution is -0.158. The Morgan fingerprint density at radius 2 is 1.43 bits per heavy atom. The second-order valence-electron chi connectivity index (χ2n) is 21.3. The number of piperazine rings is 1. The molecule has 0 aromatic heterocycles. The lowest BCUT2D eigenvalue weighted by Gasteiger charge is -2.40. The third kappa shape index (κ3) is 17.2. The summed E-state index contributed by atoms with van der Waals surface area (Å²) in [4.78, 5) is 44.9. The number of carbonyl (C=O) groups is 3. The molecule has 3 rings (SSSR count). The molecule has 10 atom stereocenters. The highest BCUT2D eigenvalue weighted by molar-refractivity contribution is 6.74. The van der Waals surface area contributed by atoms with E-state index in [1.54, 1.807) is 4.90 Å². The lowest BCUT2D eigenvalue weighted by atomic mass is 9.88. The van der Waals surface area contributed by atoms with E-state index in [0.29, 0.717) is 25.9 Å². The SMILES string of the molecule is CCC(O[Si](CC)(CC)CC)C(C)C1OC1CC(C)(/C=C/C=C(\C)C1OC(=O)CC(O[Si](CC)(CC)CC)CCC(C)(OC(=O)N2CCN(C)CC2)C(OC(C)=O)/C=C\C1C)O[Si](CC)(CC)CC. The van der Waals surface area contributed by atoms with Gasteiger partial charge in [-0.3, -0.25) is 9.59 Å². The molecule has 0 saturated carbocycles. The fourth-order valence-corrected chi connectivity index (χ4v) is 19.8. The number of nitrogens with zero attached hydrogens (tertiary/aromatic N) is 2. The second kappa shape index (κ2) is 27.8. The predicted octanol–water partition coefficient (Wildman–Crippen LogP) is 12.6. The fourth-order valence-electron chi connectivity index (χ4n) is 10.8. The van der Waals surface area contributed by atoms with Crippen LogP contribution in [-0.4, -0.2) is 134 Å². The molecule has 1 amide bonds. The minimum atomic E-state index is -2.21. The number of amides is 1. The van der Waals surface area contributed by atoms with E-state index in [1.165, 1.54) is 6.92 Å². The van der Waals surface area contributed by atoms with Crippen LogP contribution < -0.4 is 0 Å². The predicted molar refractivity (Wildman–Crippen MR) is 288 cm³/mol. The lowest BCUT2D eigenvalue weighted by Crippen LogP contribution is -2.52. The molecule has 2 saturated heterocycles. The molecule has 0 bridgehead atoms. The zero-order chi connectivity index (χ0) is 51.8. The number of hydrogen-bond acceptors (Lipinski definition) is 11. The average Bonchev–Trinajstić information content (AvgIpc) is 4.10. The molecule has 3 heterocycles. The molecule has 0 spiro atoms. The Kier molecular flexibility index (Phi) is 24.6. The van der Waals surface area contributed by atoms with Crippen LogP contribution in [-0.2, 0) is 41.8 Å². The number of carbonyl (C=O) groups excluding carboxylic acids is 3. The Morgan fingerprint density at radius 3 is 1.96 bits per heavy atom. The maximum absolute atomic E-state index is 14.2. The van der Waals surface area contributed by atoms with Crippen LogP contribution in [0.5, 0.6) is 0 Å². The molecular formula is C54H100N2O10Si3. The largest absolute Gasteiger partial charge is 0.457 e. The quantitative estimate of drug-likeness (QED) is 0.0217. The summed E-state index contributed by atoms with van der Waals surface area (Å²) in [5.41, 5.74) is -0.972. The van der Waals surface area contributed by atoms with Crippen molar-refractivity contribution in [2.75, 3.05) is 33.2 Å². The number of rotatable bonds is 25. The summed E-state index contributed by atoms with van der Waals surface area (Å²) in [6.45, 7) is 36.8. The van der Waals surface area contributed by atoms with Crippen LogP contribution in [0.3, 0.4) is 0 Å². The average molecular weight is 1020 g/mol. The molecular weight excluding hydrogens is 921 g/mol. The van der Waals surface area contributed by atoms with Crippen LogP contribution in [0.15, 0.2) is 36.0 Å². The normalized spacial score (nSPS) is 28.2. The van der Waals surface area contributed by atoms with Gasteiger partial charge in [0.25, 0.3) is 0 Å². The maximum atomic E-state index is 14.2. The van der Waals surface area contributed by atoms with Crippen LogP contribution in [0.1, 0.15) is 143 Å². The summed E-state index contributed by atoms with van der Waals surface area (Å²) in [6, 6.07) is 9.21. The van der Waals surface area contributed by atoms with Crippen LogP contribution in [0, 0.1) is 11.8 Å². The van der Waals surface area contributed by atoms with Crippen molar-refractivity contribution in [2.24, 2.45) is 11.8 Å². The number of ether oxygens (including phenoxy) is 4. The van der Waals surface area contributed by atoms with E-state index in [2.05, 4.69) is 100 Å². The maximum Gasteiger partial charge on any atom is 0.410 e. The number of cyclic esters (lactones) is 1. The number of hydrogen-bond donors (Lipinski definition) is 0. The molecule has 10 unspecified atom stereocenters. The Morgan fingerprint density at radius 1 is 0.870 bits per heavy atom. The zero-order valence-electron chi connectivity index (χ0n) is 46.7. The van der Waals surface area contributed by atoms with Crippen molar-refractivity contribution in [3.63, 3.8) is 0 Å². The molecule has 3 aliphatic rings. The molecule has 398 valence electrons. The molecule has 2 fully saturated rings. The van der Waals surface area contributed by atoms with Gasteiger partial charge in [-0.25, -0.2) is 4.79 Å². The molecule has 0 aromatic carbocycles. The second-order valence-corrected chi connectivity index (χ2v) is 35.5. The van der Waals surface area contributed by atoms with E-state index in [0.717, 1.165) is 85.9 Å². The van der Waals surface area contributed by atoms with E-state index in [4.69, 9.17) is 32.2 Å². The van der Waals surface area contributed by atoms with Crippen molar-refractivity contribution in [1.82, 2.24) is 9.80 Å². The minimum Gasteiger partial charge on any atom is -0.457 e. The molecule has 0 aromatic rings. The molecule has 0 radical (unpaired) electrons. The number of allylic oxidation sites excluding steroid dienone is 2. The summed E-state index contributed by atoms with van der Waals surface area (Å²) in [5, 5.41) is 0. The van der Waals surface area contributed by atoms with Crippen LogP contribution >= 0.6 is 0 Å². The third-order valence-electron chi connectivity index (χ3n) is 16.7. The molecule has 3 aliphatic heterocycles. The Bertz CT molecular complexity index is 1670. The van der Waals surface area contributed by atoms with Gasteiger partial charge in [-0.2, -0.15) is 0 Å². The number of epoxide rings is 1. The van der Waals surface area contributed by atoms with Gasteiger partial charge >= 0.3 is 18.0 Å². The first-order valence-electron chi connectivity index (χ1n) is 27.4. The smallest absolute Gasteiger partial charge is 0.410 e. The topological polar surface area (TPSA) is 126 Å². The first-order valence-corrected chi connectivity index (χ1v) is 34.9. The Hall–Kier alpha value is -2.12. The van der Waals surface area contributed by atoms with E-state index < -0.39 is 66.5 Å². The third-order valence-corrected chi connectivity index (χ3v) is 30.9. The Balaban J connectivity index is 2.06. The van der Waals surface area contributed by atoms with Crippen molar-refractivity contribution in [3.05, 3.63) is 36.0 Å². The van der Waals surface area contributed by atoms with Crippen LogP contribution in [0.25, 0.3) is 0 Å². The van der Waals surface area contributed by atoms with Crippen molar-refractivity contribution >= 4 is 43.0 Å². The summed E-state index contributed by atoms with van der Waals surface area (Å²) in [5.74, 6) is -0.874. The molecule has 69 heavy (non-hydrogen) atoms. The molecule has 12 nitrogen and oxygen atoms in total. The van der Waals surface area contributed by atoms with Gasteiger partial charge < -0.3 is 42.0 Å². The van der Waals surface area contributed by atoms with E-state index in [-0.39, 0.29) is 42.5 Å². The molecule has 0 aliphatic carbocycles. The van der Waals surface area contributed by atoms with E-state index >= 15 is 0 Å². The van der Waals surface area contributed by atoms with E-state index in [9.17, 15) is 14.4 Å². The van der Waals surface area contributed by atoms with Crippen molar-refractivity contribution in [1.29, 1.82) is 0 Å². The van der Waals surface area contributed by atoms with Crippen molar-refractivity contribution in [2.45, 2.75) is 245 Å². The fraction of sp³-hybridized carbons (Fsp3) is 0.833. The van der Waals surface area contributed by atoms with Gasteiger partial charge in [0.1, 0.15) is 6.10 Å². The molecule has 0 N–H and O–H groups in total. The highest BCUT2D eigenvalue weighted by Crippen LogP contribution is 2.43. The van der Waals surface area contributed by atoms with Gasteiger partial charge in [0.05, 0.1) is 30.3 Å². The monoisotopic (exact) mass is 1020 g/mol. The molecule has 15 heteroatoms. The van der Waals surface area contributed by atoms with Gasteiger partial charge in [-0.05, 0) is 113 Å². The van der Waals surface area contributed by atoms with Crippen molar-refractivity contribution in [3.8, 4) is 0 Å². The highest BCUT2D eigenvalue weighted by Gasteiger charge is 2.51. The summed E-state index contributed by atoms with van der Waals surface area (Å²) in [6.07, 6.45) is 10.4. The minimum absolute atomic E-state index is 0.0542. The Labute approximate surface area is 423 Å². The van der Waals surface area contributed by atoms with Gasteiger partial charge in [0.2, 0.25) is 0 Å². The van der Waals surface area contributed by atoms with Gasteiger partial charge in [0, 0.05) is 57.5 Å². The first-order chi connectivity index (χ1) is 32.6. The summed E-state index contributed by atoms with van der Waals surface area (Å²) >= 11 is 0. The van der Waals surface area contributed by atoms with Crippen LogP contribution in [0.2, 0.25) is 54.4 Å². The van der Waals surface area contributed by atoms with Gasteiger partial charge in [-0.1, -0.05) is 107 Å². The van der Waals surface area contributed by atoms with E-state index in [1.807, 2.05) is 46.0 Å². The van der Waals surface area contributed by atoms with Crippen molar-refractivity contribution < 1.29 is 46.6 Å². The number of esters is 2. The highest BCUT2D eigenvalue weighted by atomic mass is 28.4. The zero-order valence-corrected chi connectivity index (χ0v) is 49.7. The summed E-state index contributed by atoms with van der Waals surface area (Å²) < 4.78 is 47.0. The van der Waals surface area contributed by atoms with Gasteiger partial charge in [0.15, 0.2) is 36.7 Å². The number of likely N-dealkylation sites (N-methyl/N-ethyl adjacent to an activating group) is 1. The summed E-state index contributed by atoms with van der Waals surface area (Å²) in [7, 11) is -4.02. The van der Waals surface area contributed by atoms with Gasteiger partial charge in [-0.15, -0.1) is 0 Å². The standard InChI is InChI=1S/C54H100N2O10Si3/c1-18-46(65-68(22-5,23-6)24-7)43(13)51-47(61-51)40-53(15,66-69(25-8,26-9)27-10)33-28-29-41(11)50-42(12)30-31-48(60-44(14)57)54(16,63-52(59)56-37-35-55(17)36-38-56)34-32-45(39-49(58)62-50)64-67(19-2,20-3)21-4/h28-31,33,42-43,45-48,50-51H,18-27,32,34-40H2,1-17H3/b31-30-,33-28+,41-29+.